The zero-order valence-corrected chi connectivity index (χ0v) is 16.9. The summed E-state index contributed by atoms with van der Waals surface area (Å²) >= 11 is 1.60. The van der Waals surface area contributed by atoms with E-state index in [-0.39, 0.29) is 18.5 Å². The summed E-state index contributed by atoms with van der Waals surface area (Å²) in [6.45, 7) is 4.07. The first kappa shape index (κ1) is 20.4. The topological polar surface area (TPSA) is 60.9 Å². The van der Waals surface area contributed by atoms with Crippen LogP contribution in [0.1, 0.15) is 30.1 Å². The van der Waals surface area contributed by atoms with Crippen LogP contribution in [0.25, 0.3) is 0 Å². The van der Waals surface area contributed by atoms with Crippen molar-refractivity contribution < 1.29 is 14.7 Å². The minimum atomic E-state index is -0.799. The number of hydrogen-bond donors (Lipinski definition) is 1. The molecule has 0 bridgehead atoms. The molecule has 1 heterocycles. The van der Waals surface area contributed by atoms with Crippen molar-refractivity contribution in [3.8, 4) is 0 Å². The minimum absolute atomic E-state index is 0.0544. The number of benzene rings is 2. The third-order valence-electron chi connectivity index (χ3n) is 5.10. The predicted molar refractivity (Wildman–Crippen MR) is 111 cm³/mol. The number of carbonyl (C=O) groups is 2. The summed E-state index contributed by atoms with van der Waals surface area (Å²) in [7, 11) is 0. The van der Waals surface area contributed by atoms with Gasteiger partial charge in [0.05, 0.1) is 12.1 Å². The fraction of sp³-hybridized carbons (Fsp3) is 0.364. The molecule has 0 saturated carbocycles. The summed E-state index contributed by atoms with van der Waals surface area (Å²) in [4.78, 5) is 30.1. The Bertz CT molecular complexity index is 804. The molecule has 1 aliphatic rings. The molecule has 2 aromatic rings. The van der Waals surface area contributed by atoms with E-state index >= 15 is 0 Å². The number of nitrogens with zero attached hydrogens (tertiary/aromatic N) is 2. The summed E-state index contributed by atoms with van der Waals surface area (Å²) in [5.41, 5.74) is 0.729. The summed E-state index contributed by atoms with van der Waals surface area (Å²) in [6.07, 6.45) is 1.61. The molecule has 2 aromatic carbocycles. The van der Waals surface area contributed by atoms with Crippen molar-refractivity contribution in [2.75, 3.05) is 26.2 Å². The standard InChI is InChI=1S/C22H26N2O3S/c1-2-23(16-21(25)26)17-12-14-24(15-13-17)22(27)19-10-6-7-11-20(19)28-18-8-4-3-5-9-18/h3-11,17H,2,12-16H2,1H3,(H,25,26). The highest BCUT2D eigenvalue weighted by Gasteiger charge is 2.28. The van der Waals surface area contributed by atoms with Crippen LogP contribution in [0, 0.1) is 0 Å². The van der Waals surface area contributed by atoms with Gasteiger partial charge in [0.25, 0.3) is 5.91 Å². The van der Waals surface area contributed by atoms with Crippen molar-refractivity contribution in [2.24, 2.45) is 0 Å². The molecule has 1 amide bonds. The molecule has 0 atom stereocenters. The zero-order valence-electron chi connectivity index (χ0n) is 16.1. The van der Waals surface area contributed by atoms with Crippen LogP contribution in [0.5, 0.6) is 0 Å². The highest BCUT2D eigenvalue weighted by molar-refractivity contribution is 7.99. The van der Waals surface area contributed by atoms with Crippen LogP contribution in [0.15, 0.2) is 64.4 Å². The van der Waals surface area contributed by atoms with Crippen molar-refractivity contribution >= 4 is 23.6 Å². The molecule has 6 heteroatoms. The number of amides is 1. The molecular formula is C22H26N2O3S. The second-order valence-corrected chi connectivity index (χ2v) is 8.01. The van der Waals surface area contributed by atoms with Crippen molar-refractivity contribution in [1.29, 1.82) is 0 Å². The van der Waals surface area contributed by atoms with Gasteiger partial charge in [-0.2, -0.15) is 0 Å². The number of hydrogen-bond acceptors (Lipinski definition) is 4. The quantitative estimate of drug-likeness (QED) is 0.768. The molecular weight excluding hydrogens is 372 g/mol. The largest absolute Gasteiger partial charge is 0.480 e. The maximum absolute atomic E-state index is 13.1. The van der Waals surface area contributed by atoms with E-state index in [9.17, 15) is 9.59 Å². The number of carboxylic acids is 1. The SMILES string of the molecule is CCN(CC(=O)O)C1CCN(C(=O)c2ccccc2Sc2ccccc2)CC1. The first-order chi connectivity index (χ1) is 13.6. The van der Waals surface area contributed by atoms with Gasteiger partial charge in [-0.25, -0.2) is 0 Å². The van der Waals surface area contributed by atoms with Gasteiger partial charge in [-0.15, -0.1) is 0 Å². The van der Waals surface area contributed by atoms with Gasteiger partial charge in [-0.1, -0.05) is 49.0 Å². The van der Waals surface area contributed by atoms with Gasteiger partial charge in [-0.3, -0.25) is 14.5 Å². The highest BCUT2D eigenvalue weighted by Crippen LogP contribution is 2.31. The van der Waals surface area contributed by atoms with Crippen molar-refractivity contribution in [1.82, 2.24) is 9.80 Å². The molecule has 3 rings (SSSR count). The van der Waals surface area contributed by atoms with E-state index in [0.717, 1.165) is 28.2 Å². The van der Waals surface area contributed by atoms with E-state index < -0.39 is 5.97 Å². The van der Waals surface area contributed by atoms with Crippen LogP contribution in [-0.2, 0) is 4.79 Å². The number of carboxylic acid groups (broad SMARTS) is 1. The van der Waals surface area contributed by atoms with Crippen LogP contribution in [0.2, 0.25) is 0 Å². The van der Waals surface area contributed by atoms with E-state index in [0.29, 0.717) is 19.6 Å². The van der Waals surface area contributed by atoms with Gasteiger partial charge in [0.15, 0.2) is 0 Å². The Hall–Kier alpha value is -2.31. The fourth-order valence-electron chi connectivity index (χ4n) is 3.63. The molecule has 148 valence electrons. The predicted octanol–water partition coefficient (Wildman–Crippen LogP) is 3.85. The molecule has 1 saturated heterocycles. The first-order valence-corrected chi connectivity index (χ1v) is 10.5. The van der Waals surface area contributed by atoms with Crippen LogP contribution >= 0.6 is 11.8 Å². The summed E-state index contributed by atoms with van der Waals surface area (Å²) in [5.74, 6) is -0.744. The van der Waals surface area contributed by atoms with Gasteiger partial charge in [0.1, 0.15) is 0 Å². The molecule has 1 N–H and O–H groups in total. The van der Waals surface area contributed by atoms with E-state index in [1.165, 1.54) is 0 Å². The summed E-state index contributed by atoms with van der Waals surface area (Å²) in [6, 6.07) is 18.0. The molecule has 0 radical (unpaired) electrons. The molecule has 0 spiro atoms. The van der Waals surface area contributed by atoms with Crippen LogP contribution < -0.4 is 0 Å². The average Bonchev–Trinajstić information content (AvgIpc) is 2.73. The second kappa shape index (κ2) is 9.75. The normalized spacial score (nSPS) is 15.0. The lowest BCUT2D eigenvalue weighted by molar-refractivity contribution is -0.139. The van der Waals surface area contributed by atoms with Gasteiger partial charge < -0.3 is 10.0 Å². The lowest BCUT2D eigenvalue weighted by Crippen LogP contribution is -2.48. The number of carbonyl (C=O) groups excluding carboxylic acids is 1. The van der Waals surface area contributed by atoms with E-state index in [4.69, 9.17) is 5.11 Å². The maximum Gasteiger partial charge on any atom is 0.317 e. The Morgan fingerprint density at radius 1 is 1.07 bits per heavy atom. The molecule has 5 nitrogen and oxygen atoms in total. The van der Waals surface area contributed by atoms with E-state index in [2.05, 4.69) is 0 Å². The minimum Gasteiger partial charge on any atom is -0.480 e. The Kier molecular flexibility index (Phi) is 7.12. The van der Waals surface area contributed by atoms with Crippen molar-refractivity contribution in [2.45, 2.75) is 35.6 Å². The Morgan fingerprint density at radius 2 is 1.71 bits per heavy atom. The van der Waals surface area contributed by atoms with E-state index in [1.54, 1.807) is 11.8 Å². The number of likely N-dealkylation sites (tertiary alicyclic amines) is 1. The number of piperidine rings is 1. The van der Waals surface area contributed by atoms with Gasteiger partial charge in [-0.05, 0) is 43.7 Å². The van der Waals surface area contributed by atoms with Crippen molar-refractivity contribution in [3.63, 3.8) is 0 Å². The lowest BCUT2D eigenvalue weighted by atomic mass is 10.0. The summed E-state index contributed by atoms with van der Waals surface area (Å²) in [5, 5.41) is 9.08. The number of likely N-dealkylation sites (N-methyl/N-ethyl adjacent to an activating group) is 1. The first-order valence-electron chi connectivity index (χ1n) is 9.65. The second-order valence-electron chi connectivity index (χ2n) is 6.89. The van der Waals surface area contributed by atoms with Gasteiger partial charge >= 0.3 is 5.97 Å². The van der Waals surface area contributed by atoms with Crippen LogP contribution in [0.4, 0.5) is 0 Å². The number of rotatable bonds is 7. The maximum atomic E-state index is 13.1. The van der Waals surface area contributed by atoms with Gasteiger partial charge in [0.2, 0.25) is 0 Å². The zero-order chi connectivity index (χ0) is 19.9. The molecule has 1 fully saturated rings. The summed E-state index contributed by atoms with van der Waals surface area (Å²) < 4.78 is 0. The average molecular weight is 399 g/mol. The Morgan fingerprint density at radius 3 is 2.36 bits per heavy atom. The smallest absolute Gasteiger partial charge is 0.317 e. The Balaban J connectivity index is 1.66. The highest BCUT2D eigenvalue weighted by atomic mass is 32.2. The fourth-order valence-corrected chi connectivity index (χ4v) is 4.58. The van der Waals surface area contributed by atoms with Gasteiger partial charge in [0, 0.05) is 28.9 Å². The molecule has 0 aliphatic carbocycles. The molecule has 28 heavy (non-hydrogen) atoms. The van der Waals surface area contributed by atoms with Crippen LogP contribution in [0.3, 0.4) is 0 Å². The van der Waals surface area contributed by atoms with Crippen molar-refractivity contribution in [3.05, 3.63) is 60.2 Å². The van der Waals surface area contributed by atoms with Crippen LogP contribution in [-0.4, -0.2) is 59.0 Å². The molecule has 0 aromatic heterocycles. The number of aliphatic carboxylic acids is 1. The Labute approximate surface area is 170 Å². The third kappa shape index (κ3) is 5.14. The monoisotopic (exact) mass is 398 g/mol. The lowest BCUT2D eigenvalue weighted by Gasteiger charge is -2.37. The molecule has 0 unspecified atom stereocenters. The third-order valence-corrected chi connectivity index (χ3v) is 6.18. The molecule has 1 aliphatic heterocycles. The van der Waals surface area contributed by atoms with E-state index in [1.807, 2.05) is 71.3 Å².